The van der Waals surface area contributed by atoms with Gasteiger partial charge in [0.1, 0.15) is 5.75 Å². The summed E-state index contributed by atoms with van der Waals surface area (Å²) in [6, 6.07) is 12.2. The maximum atomic E-state index is 9.46. The van der Waals surface area contributed by atoms with E-state index in [9.17, 15) is 5.11 Å². The van der Waals surface area contributed by atoms with Gasteiger partial charge in [0.05, 0.1) is 6.04 Å². The minimum absolute atomic E-state index is 0. The number of halogens is 2. The van der Waals surface area contributed by atoms with Crippen LogP contribution in [0.15, 0.2) is 41.8 Å². The summed E-state index contributed by atoms with van der Waals surface area (Å²) in [6.45, 7) is 4.20. The molecule has 0 bridgehead atoms. The number of hydrogen-bond acceptors (Lipinski definition) is 4. The molecule has 3 rings (SSSR count). The van der Waals surface area contributed by atoms with Gasteiger partial charge >= 0.3 is 0 Å². The van der Waals surface area contributed by atoms with Gasteiger partial charge in [-0.2, -0.15) is 0 Å². The Bertz CT molecular complexity index is 513. The van der Waals surface area contributed by atoms with Crippen molar-refractivity contribution in [2.45, 2.75) is 6.04 Å². The van der Waals surface area contributed by atoms with E-state index in [4.69, 9.17) is 0 Å². The predicted octanol–water partition coefficient (Wildman–Crippen LogP) is 3.29. The van der Waals surface area contributed by atoms with Gasteiger partial charge in [0.25, 0.3) is 0 Å². The first-order valence-corrected chi connectivity index (χ1v) is 7.49. The minimum atomic E-state index is 0. The molecule has 6 heteroatoms. The van der Waals surface area contributed by atoms with Gasteiger partial charge in [-0.1, -0.05) is 18.2 Å². The van der Waals surface area contributed by atoms with Crippen LogP contribution in [0.5, 0.6) is 5.75 Å². The monoisotopic (exact) mass is 346 g/mol. The molecule has 3 nitrogen and oxygen atoms in total. The molecule has 0 amide bonds. The van der Waals surface area contributed by atoms with Crippen molar-refractivity contribution in [3.8, 4) is 5.75 Å². The number of phenols is 1. The summed E-state index contributed by atoms with van der Waals surface area (Å²) < 4.78 is 0. The topological polar surface area (TPSA) is 35.5 Å². The van der Waals surface area contributed by atoms with Crippen LogP contribution in [0, 0.1) is 0 Å². The zero-order valence-corrected chi connectivity index (χ0v) is 14.0. The number of benzene rings is 1. The van der Waals surface area contributed by atoms with Crippen LogP contribution in [-0.4, -0.2) is 36.2 Å². The second-order valence-corrected chi connectivity index (χ2v) is 5.77. The number of rotatable bonds is 3. The quantitative estimate of drug-likeness (QED) is 0.894. The standard InChI is InChI=1S/C15H18N2OS.2ClH/c18-13-5-3-12(4-6-13)15(14-2-1-11-19-14)17-9-7-16-8-10-17;;/h1-6,11,15-16,18H,7-10H2;2*1H/t15-;;/m0../s1. The van der Waals surface area contributed by atoms with Crippen LogP contribution >= 0.6 is 36.2 Å². The number of nitrogens with zero attached hydrogens (tertiary/aromatic N) is 1. The Morgan fingerprint density at radius 3 is 2.29 bits per heavy atom. The molecule has 116 valence electrons. The summed E-state index contributed by atoms with van der Waals surface area (Å²) in [4.78, 5) is 3.88. The van der Waals surface area contributed by atoms with E-state index in [1.165, 1.54) is 10.4 Å². The number of hydrogen-bond donors (Lipinski definition) is 2. The van der Waals surface area contributed by atoms with Crippen LogP contribution in [0.4, 0.5) is 0 Å². The Labute approximate surface area is 141 Å². The molecule has 2 heterocycles. The van der Waals surface area contributed by atoms with Gasteiger partial charge in [-0.15, -0.1) is 36.2 Å². The van der Waals surface area contributed by atoms with E-state index in [-0.39, 0.29) is 24.8 Å². The van der Waals surface area contributed by atoms with E-state index in [0.717, 1.165) is 26.2 Å². The number of phenolic OH excluding ortho intramolecular Hbond substituents is 1. The Morgan fingerprint density at radius 2 is 1.71 bits per heavy atom. The lowest BCUT2D eigenvalue weighted by molar-refractivity contribution is 0.200. The highest BCUT2D eigenvalue weighted by Gasteiger charge is 2.24. The smallest absolute Gasteiger partial charge is 0.115 e. The third-order valence-electron chi connectivity index (χ3n) is 3.54. The van der Waals surface area contributed by atoms with Gasteiger partial charge in [0.2, 0.25) is 0 Å². The van der Waals surface area contributed by atoms with Gasteiger partial charge in [0, 0.05) is 31.1 Å². The zero-order chi connectivity index (χ0) is 13.1. The van der Waals surface area contributed by atoms with E-state index in [1.807, 2.05) is 12.1 Å². The van der Waals surface area contributed by atoms with Crippen molar-refractivity contribution in [2.75, 3.05) is 26.2 Å². The fourth-order valence-electron chi connectivity index (χ4n) is 2.60. The summed E-state index contributed by atoms with van der Waals surface area (Å²) in [6.07, 6.45) is 0. The third kappa shape index (κ3) is 4.34. The number of thiophene rings is 1. The Hall–Kier alpha value is -0.780. The molecule has 1 aromatic heterocycles. The highest BCUT2D eigenvalue weighted by atomic mass is 35.5. The van der Waals surface area contributed by atoms with Crippen molar-refractivity contribution in [2.24, 2.45) is 0 Å². The second kappa shape index (κ2) is 8.61. The highest BCUT2D eigenvalue weighted by Crippen LogP contribution is 2.32. The average molecular weight is 347 g/mol. The fraction of sp³-hybridized carbons (Fsp3) is 0.333. The Morgan fingerprint density at radius 1 is 1.05 bits per heavy atom. The lowest BCUT2D eigenvalue weighted by atomic mass is 10.0. The molecule has 1 atom stereocenters. The van der Waals surface area contributed by atoms with Crippen LogP contribution in [0.1, 0.15) is 16.5 Å². The van der Waals surface area contributed by atoms with Crippen LogP contribution < -0.4 is 5.32 Å². The molecule has 1 saturated heterocycles. The molecule has 0 aliphatic carbocycles. The molecular formula is C15H20Cl2N2OS. The largest absolute Gasteiger partial charge is 0.508 e. The summed E-state index contributed by atoms with van der Waals surface area (Å²) in [5.41, 5.74) is 1.25. The summed E-state index contributed by atoms with van der Waals surface area (Å²) in [5, 5.41) is 15.0. The van der Waals surface area contributed by atoms with Gasteiger partial charge in [0.15, 0.2) is 0 Å². The average Bonchev–Trinajstić information content (AvgIpc) is 2.96. The summed E-state index contributed by atoms with van der Waals surface area (Å²) in [7, 11) is 0. The molecule has 0 unspecified atom stereocenters. The molecule has 0 spiro atoms. The van der Waals surface area contributed by atoms with Crippen LogP contribution in [0.25, 0.3) is 0 Å². The maximum Gasteiger partial charge on any atom is 0.115 e. The number of nitrogens with one attached hydrogen (secondary N) is 1. The lowest BCUT2D eigenvalue weighted by Crippen LogP contribution is -2.45. The van der Waals surface area contributed by atoms with Gasteiger partial charge < -0.3 is 10.4 Å². The zero-order valence-electron chi connectivity index (χ0n) is 11.6. The van der Waals surface area contributed by atoms with Crippen molar-refractivity contribution in [3.63, 3.8) is 0 Å². The normalized spacial score (nSPS) is 16.6. The van der Waals surface area contributed by atoms with Crippen molar-refractivity contribution >= 4 is 36.2 Å². The van der Waals surface area contributed by atoms with E-state index in [0.29, 0.717) is 11.8 Å². The summed E-state index contributed by atoms with van der Waals surface area (Å²) in [5.74, 6) is 0.328. The van der Waals surface area contributed by atoms with Crippen molar-refractivity contribution < 1.29 is 5.11 Å². The van der Waals surface area contributed by atoms with Crippen LogP contribution in [0.2, 0.25) is 0 Å². The first-order valence-electron chi connectivity index (χ1n) is 6.62. The van der Waals surface area contributed by atoms with E-state index >= 15 is 0 Å². The second-order valence-electron chi connectivity index (χ2n) is 4.80. The molecule has 0 saturated carbocycles. The van der Waals surface area contributed by atoms with Crippen molar-refractivity contribution in [1.82, 2.24) is 10.2 Å². The van der Waals surface area contributed by atoms with Crippen LogP contribution in [0.3, 0.4) is 0 Å². The first kappa shape index (κ1) is 18.3. The SMILES string of the molecule is Cl.Cl.Oc1ccc([C@@H](c2cccs2)N2CCNCC2)cc1. The van der Waals surface area contributed by atoms with Gasteiger partial charge in [-0.3, -0.25) is 4.90 Å². The van der Waals surface area contributed by atoms with Crippen LogP contribution in [-0.2, 0) is 0 Å². The number of piperazine rings is 1. The maximum absolute atomic E-state index is 9.46. The highest BCUT2D eigenvalue weighted by molar-refractivity contribution is 7.10. The predicted molar refractivity (Wildman–Crippen MR) is 93.2 cm³/mol. The van der Waals surface area contributed by atoms with E-state index in [2.05, 4.69) is 27.7 Å². The van der Waals surface area contributed by atoms with Gasteiger partial charge in [-0.05, 0) is 29.1 Å². The van der Waals surface area contributed by atoms with E-state index < -0.39 is 0 Å². The molecule has 2 N–H and O–H groups in total. The van der Waals surface area contributed by atoms with Crippen molar-refractivity contribution in [3.05, 3.63) is 52.2 Å². The molecule has 1 aliphatic rings. The van der Waals surface area contributed by atoms with Gasteiger partial charge in [-0.25, -0.2) is 0 Å². The molecule has 2 aromatic rings. The third-order valence-corrected chi connectivity index (χ3v) is 4.46. The molecule has 0 radical (unpaired) electrons. The lowest BCUT2D eigenvalue weighted by Gasteiger charge is -2.34. The van der Waals surface area contributed by atoms with Crippen molar-refractivity contribution in [1.29, 1.82) is 0 Å². The first-order chi connectivity index (χ1) is 9.34. The Kier molecular flexibility index (Phi) is 7.49. The molecular weight excluding hydrogens is 327 g/mol. The molecule has 1 aromatic carbocycles. The number of aromatic hydroxyl groups is 1. The fourth-order valence-corrected chi connectivity index (χ4v) is 3.48. The minimum Gasteiger partial charge on any atom is -0.508 e. The molecule has 1 fully saturated rings. The molecule has 21 heavy (non-hydrogen) atoms. The van der Waals surface area contributed by atoms with E-state index in [1.54, 1.807) is 23.5 Å². The Balaban J connectivity index is 0.00000110. The summed E-state index contributed by atoms with van der Waals surface area (Å²) >= 11 is 1.80. The molecule has 1 aliphatic heterocycles.